The van der Waals surface area contributed by atoms with Gasteiger partial charge in [-0.3, -0.25) is 9.97 Å². The van der Waals surface area contributed by atoms with E-state index in [4.69, 9.17) is 0 Å². The van der Waals surface area contributed by atoms with Gasteiger partial charge in [-0.2, -0.15) is 0 Å². The first kappa shape index (κ1) is 12.0. The molecule has 0 aliphatic heterocycles. The maximum atomic E-state index is 4.58. The standard InChI is InChI=1S/C19H14N2/c1-13-11-15-7-8-17-16(18(15)12-21-13)9-10-20-19(17)14-5-3-2-4-6-14/h2-12H,1H3. The fourth-order valence-corrected chi connectivity index (χ4v) is 2.82. The number of nitrogens with zero attached hydrogens (tertiary/aromatic N) is 2. The zero-order valence-electron chi connectivity index (χ0n) is 11.7. The van der Waals surface area contributed by atoms with E-state index < -0.39 is 0 Å². The van der Waals surface area contributed by atoms with Crippen molar-refractivity contribution in [2.75, 3.05) is 0 Å². The average Bonchev–Trinajstić information content (AvgIpc) is 2.54. The largest absolute Gasteiger partial charge is 0.261 e. The normalized spacial score (nSPS) is 11.1. The van der Waals surface area contributed by atoms with Crippen molar-refractivity contribution in [1.29, 1.82) is 0 Å². The Balaban J connectivity index is 2.09. The predicted molar refractivity (Wildman–Crippen MR) is 87.2 cm³/mol. The van der Waals surface area contributed by atoms with E-state index in [0.717, 1.165) is 17.0 Å². The van der Waals surface area contributed by atoms with Gasteiger partial charge in [-0.05, 0) is 29.8 Å². The minimum absolute atomic E-state index is 1.02. The fraction of sp³-hybridized carbons (Fsp3) is 0.0526. The van der Waals surface area contributed by atoms with Crippen molar-refractivity contribution in [3.63, 3.8) is 0 Å². The molecule has 0 spiro atoms. The molecule has 100 valence electrons. The molecule has 0 aliphatic carbocycles. The zero-order chi connectivity index (χ0) is 14.2. The molecule has 0 amide bonds. The van der Waals surface area contributed by atoms with Crippen LogP contribution in [0.3, 0.4) is 0 Å². The number of rotatable bonds is 1. The smallest absolute Gasteiger partial charge is 0.0780 e. The summed E-state index contributed by atoms with van der Waals surface area (Å²) in [4.78, 5) is 9.02. The van der Waals surface area contributed by atoms with Gasteiger partial charge in [0.1, 0.15) is 0 Å². The Bertz CT molecular complexity index is 943. The van der Waals surface area contributed by atoms with Gasteiger partial charge < -0.3 is 0 Å². The lowest BCUT2D eigenvalue weighted by Gasteiger charge is -2.08. The van der Waals surface area contributed by atoms with Crippen molar-refractivity contribution in [2.24, 2.45) is 0 Å². The third-order valence-corrected chi connectivity index (χ3v) is 3.83. The monoisotopic (exact) mass is 270 g/mol. The summed E-state index contributed by atoms with van der Waals surface area (Å²) in [5.74, 6) is 0. The topological polar surface area (TPSA) is 25.8 Å². The van der Waals surface area contributed by atoms with Gasteiger partial charge in [0.15, 0.2) is 0 Å². The molecule has 0 radical (unpaired) electrons. The second-order valence-electron chi connectivity index (χ2n) is 5.23. The highest BCUT2D eigenvalue weighted by Gasteiger charge is 2.07. The van der Waals surface area contributed by atoms with Gasteiger partial charge in [0.05, 0.1) is 5.69 Å². The van der Waals surface area contributed by atoms with E-state index in [-0.39, 0.29) is 0 Å². The first-order chi connectivity index (χ1) is 10.3. The number of pyridine rings is 2. The summed E-state index contributed by atoms with van der Waals surface area (Å²) in [6, 6.07) is 18.8. The highest BCUT2D eigenvalue weighted by molar-refractivity contribution is 6.10. The molecule has 0 unspecified atom stereocenters. The van der Waals surface area contributed by atoms with Gasteiger partial charge in [-0.15, -0.1) is 0 Å². The highest BCUT2D eigenvalue weighted by Crippen LogP contribution is 2.31. The lowest BCUT2D eigenvalue weighted by molar-refractivity contribution is 1.23. The zero-order valence-corrected chi connectivity index (χ0v) is 11.7. The Morgan fingerprint density at radius 1 is 0.762 bits per heavy atom. The molecule has 4 rings (SSSR count). The van der Waals surface area contributed by atoms with Gasteiger partial charge in [0.25, 0.3) is 0 Å². The van der Waals surface area contributed by atoms with Gasteiger partial charge in [-0.25, -0.2) is 0 Å². The average molecular weight is 270 g/mol. The van der Waals surface area contributed by atoms with Crippen LogP contribution >= 0.6 is 0 Å². The molecule has 0 fully saturated rings. The summed E-state index contributed by atoms with van der Waals surface area (Å²) >= 11 is 0. The Hall–Kier alpha value is -2.74. The molecule has 0 aliphatic rings. The van der Waals surface area contributed by atoms with Crippen LogP contribution in [-0.4, -0.2) is 9.97 Å². The van der Waals surface area contributed by atoms with Crippen LogP contribution in [0, 0.1) is 6.92 Å². The van der Waals surface area contributed by atoms with Crippen molar-refractivity contribution in [3.8, 4) is 11.3 Å². The molecule has 2 aromatic heterocycles. The number of hydrogen-bond acceptors (Lipinski definition) is 2. The minimum atomic E-state index is 1.02. The Kier molecular flexibility index (Phi) is 2.68. The molecule has 2 aromatic carbocycles. The molecule has 0 saturated heterocycles. The summed E-state index contributed by atoms with van der Waals surface area (Å²) in [6.45, 7) is 2.02. The number of fused-ring (bicyclic) bond motifs is 3. The Labute approximate surface area is 123 Å². The Morgan fingerprint density at radius 3 is 2.48 bits per heavy atom. The third-order valence-electron chi connectivity index (χ3n) is 3.83. The van der Waals surface area contributed by atoms with Crippen molar-refractivity contribution in [1.82, 2.24) is 9.97 Å². The maximum Gasteiger partial charge on any atom is 0.0780 e. The van der Waals surface area contributed by atoms with Crippen LogP contribution < -0.4 is 0 Å². The van der Waals surface area contributed by atoms with Crippen LogP contribution in [0.15, 0.2) is 67.0 Å². The van der Waals surface area contributed by atoms with Crippen molar-refractivity contribution in [2.45, 2.75) is 6.92 Å². The lowest BCUT2D eigenvalue weighted by atomic mass is 10.00. The molecular weight excluding hydrogens is 256 g/mol. The van der Waals surface area contributed by atoms with Crippen LogP contribution in [0.25, 0.3) is 32.8 Å². The second-order valence-corrected chi connectivity index (χ2v) is 5.23. The minimum Gasteiger partial charge on any atom is -0.261 e. The Morgan fingerprint density at radius 2 is 1.62 bits per heavy atom. The van der Waals surface area contributed by atoms with Crippen LogP contribution in [0.4, 0.5) is 0 Å². The van der Waals surface area contributed by atoms with E-state index in [9.17, 15) is 0 Å². The maximum absolute atomic E-state index is 4.58. The molecular formula is C19H14N2. The lowest BCUT2D eigenvalue weighted by Crippen LogP contribution is -1.88. The van der Waals surface area contributed by atoms with Crippen LogP contribution in [0.2, 0.25) is 0 Å². The van der Waals surface area contributed by atoms with E-state index in [0.29, 0.717) is 0 Å². The van der Waals surface area contributed by atoms with E-state index in [1.54, 1.807) is 0 Å². The fourth-order valence-electron chi connectivity index (χ4n) is 2.82. The first-order valence-corrected chi connectivity index (χ1v) is 7.02. The molecule has 2 heteroatoms. The first-order valence-electron chi connectivity index (χ1n) is 7.02. The van der Waals surface area contributed by atoms with Crippen LogP contribution in [0.5, 0.6) is 0 Å². The van der Waals surface area contributed by atoms with E-state index in [1.165, 1.54) is 21.5 Å². The van der Waals surface area contributed by atoms with Gasteiger partial charge in [-0.1, -0.05) is 42.5 Å². The molecule has 21 heavy (non-hydrogen) atoms. The molecule has 2 heterocycles. The second kappa shape index (κ2) is 4.67. The van der Waals surface area contributed by atoms with Crippen LogP contribution in [-0.2, 0) is 0 Å². The molecule has 0 atom stereocenters. The molecule has 2 nitrogen and oxygen atoms in total. The number of hydrogen-bond donors (Lipinski definition) is 0. The van der Waals surface area contributed by atoms with Gasteiger partial charge in [0, 0.05) is 34.4 Å². The summed E-state index contributed by atoms with van der Waals surface area (Å²) in [6.07, 6.45) is 3.84. The van der Waals surface area contributed by atoms with Crippen molar-refractivity contribution < 1.29 is 0 Å². The summed E-state index contributed by atoms with van der Waals surface area (Å²) < 4.78 is 0. The number of aryl methyl sites for hydroxylation is 1. The number of benzene rings is 2. The summed E-state index contributed by atoms with van der Waals surface area (Å²) in [7, 11) is 0. The summed E-state index contributed by atoms with van der Waals surface area (Å²) in [5, 5.41) is 4.77. The quantitative estimate of drug-likeness (QED) is 0.466. The summed E-state index contributed by atoms with van der Waals surface area (Å²) in [5.41, 5.74) is 3.21. The molecule has 0 N–H and O–H groups in total. The van der Waals surface area contributed by atoms with E-state index in [1.807, 2.05) is 37.5 Å². The predicted octanol–water partition coefficient (Wildman–Crippen LogP) is 4.76. The molecule has 0 saturated carbocycles. The number of aromatic nitrogens is 2. The SMILES string of the molecule is Cc1cc2ccc3c(-c4ccccc4)nccc3c2cn1. The molecule has 0 bridgehead atoms. The van der Waals surface area contributed by atoms with E-state index >= 15 is 0 Å². The van der Waals surface area contributed by atoms with Gasteiger partial charge >= 0.3 is 0 Å². The van der Waals surface area contributed by atoms with Gasteiger partial charge in [0.2, 0.25) is 0 Å². The van der Waals surface area contributed by atoms with E-state index in [2.05, 4.69) is 46.4 Å². The molecule has 4 aromatic rings. The van der Waals surface area contributed by atoms with Crippen molar-refractivity contribution in [3.05, 3.63) is 72.7 Å². The highest BCUT2D eigenvalue weighted by atomic mass is 14.7. The van der Waals surface area contributed by atoms with Crippen molar-refractivity contribution >= 4 is 21.5 Å². The third kappa shape index (κ3) is 1.96. The van der Waals surface area contributed by atoms with Crippen LogP contribution in [0.1, 0.15) is 5.69 Å².